The third-order valence-corrected chi connectivity index (χ3v) is 2.47. The number of hydrogen-bond donors (Lipinski definition) is 2. The average Bonchev–Trinajstić information content (AvgIpc) is 2.63. The number of nitrogens with zero attached hydrogens (tertiary/aromatic N) is 2. The predicted octanol–water partition coefficient (Wildman–Crippen LogP) is 0.825. The standard InChI is InChI=1S/C10H18N4O/c1-4-14-9(5-6-12-14)13-10(15)7(2)8(3)11/h5-8H,4,11H2,1-3H3,(H,13,15). The Balaban J connectivity index is 2.66. The van der Waals surface area contributed by atoms with E-state index in [-0.39, 0.29) is 17.9 Å². The van der Waals surface area contributed by atoms with E-state index in [2.05, 4.69) is 10.4 Å². The minimum atomic E-state index is -0.204. The van der Waals surface area contributed by atoms with Crippen molar-refractivity contribution < 1.29 is 4.79 Å². The fourth-order valence-electron chi connectivity index (χ4n) is 1.17. The lowest BCUT2D eigenvalue weighted by Crippen LogP contribution is -2.34. The molecule has 0 saturated heterocycles. The van der Waals surface area contributed by atoms with Gasteiger partial charge in [0, 0.05) is 18.7 Å². The van der Waals surface area contributed by atoms with Crippen LogP contribution in [0, 0.1) is 5.92 Å². The maximum absolute atomic E-state index is 11.7. The molecule has 0 radical (unpaired) electrons. The molecule has 1 heterocycles. The van der Waals surface area contributed by atoms with Crippen LogP contribution in [0.25, 0.3) is 0 Å². The Morgan fingerprint density at radius 1 is 1.67 bits per heavy atom. The van der Waals surface area contributed by atoms with E-state index in [0.29, 0.717) is 0 Å². The molecule has 1 rings (SSSR count). The summed E-state index contributed by atoms with van der Waals surface area (Å²) in [5.41, 5.74) is 5.65. The third kappa shape index (κ3) is 2.79. The summed E-state index contributed by atoms with van der Waals surface area (Å²) in [5, 5.41) is 6.87. The van der Waals surface area contributed by atoms with E-state index in [4.69, 9.17) is 5.73 Å². The van der Waals surface area contributed by atoms with Gasteiger partial charge in [0.05, 0.1) is 12.1 Å². The van der Waals surface area contributed by atoms with E-state index >= 15 is 0 Å². The van der Waals surface area contributed by atoms with Gasteiger partial charge in [-0.2, -0.15) is 5.10 Å². The summed E-state index contributed by atoms with van der Waals surface area (Å²) in [7, 11) is 0. The van der Waals surface area contributed by atoms with Crippen molar-refractivity contribution >= 4 is 11.7 Å². The summed E-state index contributed by atoms with van der Waals surface area (Å²) < 4.78 is 1.73. The van der Waals surface area contributed by atoms with Gasteiger partial charge in [-0.3, -0.25) is 4.79 Å². The number of anilines is 1. The van der Waals surface area contributed by atoms with Gasteiger partial charge in [-0.1, -0.05) is 6.92 Å². The minimum absolute atomic E-state index is 0.0693. The number of aromatic nitrogens is 2. The lowest BCUT2D eigenvalue weighted by molar-refractivity contribution is -0.119. The third-order valence-electron chi connectivity index (χ3n) is 2.47. The van der Waals surface area contributed by atoms with Crippen molar-refractivity contribution in [3.8, 4) is 0 Å². The highest BCUT2D eigenvalue weighted by molar-refractivity contribution is 5.91. The number of carbonyl (C=O) groups excluding carboxylic acids is 1. The smallest absolute Gasteiger partial charge is 0.229 e. The van der Waals surface area contributed by atoms with E-state index in [0.717, 1.165) is 12.4 Å². The molecule has 0 aliphatic heterocycles. The Bertz CT molecular complexity index is 332. The number of hydrogen-bond acceptors (Lipinski definition) is 3. The number of amides is 1. The Morgan fingerprint density at radius 3 is 2.87 bits per heavy atom. The van der Waals surface area contributed by atoms with Gasteiger partial charge in [0.15, 0.2) is 0 Å². The molecular formula is C10H18N4O. The highest BCUT2D eigenvalue weighted by Crippen LogP contribution is 2.09. The number of carbonyl (C=O) groups is 1. The van der Waals surface area contributed by atoms with Crippen LogP contribution in [-0.4, -0.2) is 21.7 Å². The van der Waals surface area contributed by atoms with E-state index in [1.165, 1.54) is 0 Å². The van der Waals surface area contributed by atoms with E-state index in [1.807, 2.05) is 20.8 Å². The normalized spacial score (nSPS) is 14.7. The Kier molecular flexibility index (Phi) is 3.85. The van der Waals surface area contributed by atoms with E-state index < -0.39 is 0 Å². The predicted molar refractivity (Wildman–Crippen MR) is 59.3 cm³/mol. The van der Waals surface area contributed by atoms with Crippen molar-refractivity contribution in [2.45, 2.75) is 33.4 Å². The molecule has 2 atom stereocenters. The van der Waals surface area contributed by atoms with Crippen LogP contribution in [-0.2, 0) is 11.3 Å². The van der Waals surface area contributed by atoms with Crippen LogP contribution in [0.2, 0.25) is 0 Å². The van der Waals surface area contributed by atoms with E-state index in [1.54, 1.807) is 16.9 Å². The number of rotatable bonds is 4. The zero-order valence-corrected chi connectivity index (χ0v) is 9.40. The van der Waals surface area contributed by atoms with Crippen molar-refractivity contribution in [3.05, 3.63) is 12.3 Å². The lowest BCUT2D eigenvalue weighted by atomic mass is 10.0. The number of nitrogens with one attached hydrogen (secondary N) is 1. The van der Waals surface area contributed by atoms with Crippen LogP contribution in [0.5, 0.6) is 0 Å². The molecule has 0 saturated carbocycles. The van der Waals surface area contributed by atoms with E-state index in [9.17, 15) is 4.79 Å². The molecular weight excluding hydrogens is 192 g/mol. The van der Waals surface area contributed by atoms with Gasteiger partial charge in [-0.25, -0.2) is 4.68 Å². The molecule has 84 valence electrons. The van der Waals surface area contributed by atoms with Crippen LogP contribution in [0.4, 0.5) is 5.82 Å². The molecule has 5 nitrogen and oxygen atoms in total. The van der Waals surface area contributed by atoms with Crippen molar-refractivity contribution in [1.29, 1.82) is 0 Å². The maximum Gasteiger partial charge on any atom is 0.229 e. The van der Waals surface area contributed by atoms with Gasteiger partial charge in [0.2, 0.25) is 5.91 Å². The average molecular weight is 210 g/mol. The van der Waals surface area contributed by atoms with Gasteiger partial charge in [-0.05, 0) is 13.8 Å². The molecule has 0 aliphatic carbocycles. The summed E-state index contributed by atoms with van der Waals surface area (Å²) in [5.74, 6) is 0.445. The Hall–Kier alpha value is -1.36. The lowest BCUT2D eigenvalue weighted by Gasteiger charge is -2.15. The van der Waals surface area contributed by atoms with Crippen LogP contribution in [0.3, 0.4) is 0 Å². The first-order valence-corrected chi connectivity index (χ1v) is 5.14. The summed E-state index contributed by atoms with van der Waals surface area (Å²) in [6.07, 6.45) is 1.66. The zero-order valence-electron chi connectivity index (χ0n) is 9.40. The fourth-order valence-corrected chi connectivity index (χ4v) is 1.17. The number of aryl methyl sites for hydroxylation is 1. The number of nitrogens with two attached hydrogens (primary N) is 1. The highest BCUT2D eigenvalue weighted by atomic mass is 16.2. The summed E-state index contributed by atoms with van der Waals surface area (Å²) in [4.78, 5) is 11.7. The second kappa shape index (κ2) is 4.93. The molecule has 0 bridgehead atoms. The monoisotopic (exact) mass is 210 g/mol. The molecule has 0 aliphatic rings. The molecule has 0 fully saturated rings. The van der Waals surface area contributed by atoms with Crippen molar-refractivity contribution in [3.63, 3.8) is 0 Å². The fraction of sp³-hybridized carbons (Fsp3) is 0.600. The summed E-state index contributed by atoms with van der Waals surface area (Å²) in [6, 6.07) is 1.62. The van der Waals surface area contributed by atoms with Gasteiger partial charge in [0.1, 0.15) is 5.82 Å². The zero-order chi connectivity index (χ0) is 11.4. The molecule has 1 amide bonds. The first kappa shape index (κ1) is 11.7. The first-order chi connectivity index (χ1) is 7.06. The molecule has 0 aromatic carbocycles. The minimum Gasteiger partial charge on any atom is -0.327 e. The topological polar surface area (TPSA) is 72.9 Å². The molecule has 1 aromatic heterocycles. The highest BCUT2D eigenvalue weighted by Gasteiger charge is 2.17. The first-order valence-electron chi connectivity index (χ1n) is 5.14. The molecule has 3 N–H and O–H groups in total. The largest absolute Gasteiger partial charge is 0.327 e. The van der Waals surface area contributed by atoms with Crippen molar-refractivity contribution in [1.82, 2.24) is 9.78 Å². The van der Waals surface area contributed by atoms with Gasteiger partial charge < -0.3 is 11.1 Å². The SMILES string of the molecule is CCn1nccc1NC(=O)C(C)C(C)N. The Morgan fingerprint density at radius 2 is 2.33 bits per heavy atom. The van der Waals surface area contributed by atoms with Gasteiger partial charge >= 0.3 is 0 Å². The van der Waals surface area contributed by atoms with Crippen molar-refractivity contribution in [2.24, 2.45) is 11.7 Å². The molecule has 2 unspecified atom stereocenters. The quantitative estimate of drug-likeness (QED) is 0.773. The molecule has 0 spiro atoms. The summed E-state index contributed by atoms with van der Waals surface area (Å²) >= 11 is 0. The van der Waals surface area contributed by atoms with Gasteiger partial charge in [-0.15, -0.1) is 0 Å². The van der Waals surface area contributed by atoms with Crippen LogP contribution in [0.1, 0.15) is 20.8 Å². The van der Waals surface area contributed by atoms with Crippen LogP contribution in [0.15, 0.2) is 12.3 Å². The van der Waals surface area contributed by atoms with Crippen LogP contribution >= 0.6 is 0 Å². The molecule has 1 aromatic rings. The van der Waals surface area contributed by atoms with Crippen LogP contribution < -0.4 is 11.1 Å². The second-order valence-electron chi connectivity index (χ2n) is 3.67. The Labute approximate surface area is 89.6 Å². The summed E-state index contributed by atoms with van der Waals surface area (Å²) in [6.45, 7) is 6.33. The molecule has 15 heavy (non-hydrogen) atoms. The molecule has 5 heteroatoms. The maximum atomic E-state index is 11.7. The van der Waals surface area contributed by atoms with Gasteiger partial charge in [0.25, 0.3) is 0 Å². The van der Waals surface area contributed by atoms with Crippen molar-refractivity contribution in [2.75, 3.05) is 5.32 Å². The second-order valence-corrected chi connectivity index (χ2v) is 3.67.